The summed E-state index contributed by atoms with van der Waals surface area (Å²) in [4.78, 5) is 4.53. The van der Waals surface area contributed by atoms with Crippen LogP contribution in [0, 0.1) is 0 Å². The maximum Gasteiger partial charge on any atom is 0.151 e. The predicted molar refractivity (Wildman–Crippen MR) is 60.6 cm³/mol. The van der Waals surface area contributed by atoms with Gasteiger partial charge in [0.15, 0.2) is 4.34 Å². The lowest BCUT2D eigenvalue weighted by atomic mass is 10.3. The van der Waals surface area contributed by atoms with Crippen LogP contribution >= 0.6 is 23.1 Å². The number of nitrogens with zero attached hydrogens (tertiary/aromatic N) is 1. The first-order chi connectivity index (χ1) is 6.25. The number of aromatic nitrogens is 1. The molecule has 0 atom stereocenters. The van der Waals surface area contributed by atoms with Crippen LogP contribution < -0.4 is 0 Å². The number of rotatable bonds is 2. The van der Waals surface area contributed by atoms with Crippen molar-refractivity contribution in [1.82, 2.24) is 4.98 Å². The van der Waals surface area contributed by atoms with Gasteiger partial charge in [-0.15, -0.1) is 11.3 Å². The second-order valence-electron chi connectivity index (χ2n) is 3.11. The normalized spacial score (nSPS) is 11.3. The highest BCUT2D eigenvalue weighted by molar-refractivity contribution is 8.01. The predicted octanol–water partition coefficient (Wildman–Crippen LogP) is 3.80. The molecule has 0 aliphatic heterocycles. The quantitative estimate of drug-likeness (QED) is 0.698. The fraction of sp³-hybridized carbons (Fsp3) is 0.300. The van der Waals surface area contributed by atoms with E-state index in [-0.39, 0.29) is 0 Å². The van der Waals surface area contributed by atoms with Crippen LogP contribution in [0.25, 0.3) is 10.2 Å². The third-order valence-corrected chi connectivity index (χ3v) is 3.74. The molecule has 0 amide bonds. The van der Waals surface area contributed by atoms with Gasteiger partial charge in [0.05, 0.1) is 10.2 Å². The average Bonchev–Trinajstić information content (AvgIpc) is 2.44. The Morgan fingerprint density at radius 2 is 2.08 bits per heavy atom. The molecule has 13 heavy (non-hydrogen) atoms. The van der Waals surface area contributed by atoms with E-state index in [0.29, 0.717) is 5.25 Å². The zero-order chi connectivity index (χ0) is 9.26. The number of hydrogen-bond donors (Lipinski definition) is 0. The first kappa shape index (κ1) is 9.03. The van der Waals surface area contributed by atoms with Gasteiger partial charge < -0.3 is 0 Å². The largest absolute Gasteiger partial charge is 0.230 e. The molecule has 0 saturated carbocycles. The highest BCUT2D eigenvalue weighted by atomic mass is 32.2. The molecule has 0 saturated heterocycles. The molecule has 0 unspecified atom stereocenters. The van der Waals surface area contributed by atoms with Crippen LogP contribution in [-0.2, 0) is 0 Å². The van der Waals surface area contributed by atoms with Crippen LogP contribution in [0.15, 0.2) is 28.6 Å². The summed E-state index contributed by atoms with van der Waals surface area (Å²) in [6, 6.07) is 8.28. The molecule has 2 rings (SSSR count). The van der Waals surface area contributed by atoms with E-state index in [1.807, 2.05) is 17.8 Å². The average molecular weight is 209 g/mol. The second-order valence-corrected chi connectivity index (χ2v) is 5.97. The lowest BCUT2D eigenvalue weighted by Gasteiger charge is -1.97. The maximum atomic E-state index is 4.53. The van der Waals surface area contributed by atoms with Crippen molar-refractivity contribution in [2.45, 2.75) is 23.4 Å². The van der Waals surface area contributed by atoms with E-state index in [1.54, 1.807) is 11.3 Å². The minimum atomic E-state index is 0.612. The van der Waals surface area contributed by atoms with Gasteiger partial charge in [0.25, 0.3) is 0 Å². The lowest BCUT2D eigenvalue weighted by molar-refractivity contribution is 1.10. The van der Waals surface area contributed by atoms with Crippen LogP contribution in [-0.4, -0.2) is 10.2 Å². The molecule has 1 nitrogen and oxygen atoms in total. The van der Waals surface area contributed by atoms with Crippen molar-refractivity contribution in [3.8, 4) is 0 Å². The standard InChI is InChI=1S/C10H11NS2/c1-7(2)12-10-11-8-5-3-4-6-9(8)13-10/h3-7H,1-2H3. The maximum absolute atomic E-state index is 4.53. The van der Waals surface area contributed by atoms with Crippen molar-refractivity contribution in [3.63, 3.8) is 0 Å². The summed E-state index contributed by atoms with van der Waals surface area (Å²) in [7, 11) is 0. The van der Waals surface area contributed by atoms with Gasteiger partial charge in [-0.25, -0.2) is 4.98 Å². The molecule has 0 aliphatic carbocycles. The van der Waals surface area contributed by atoms with E-state index >= 15 is 0 Å². The molecule has 1 heterocycles. The summed E-state index contributed by atoms with van der Waals surface area (Å²) in [5.41, 5.74) is 1.12. The van der Waals surface area contributed by atoms with Crippen molar-refractivity contribution < 1.29 is 0 Å². The number of thioether (sulfide) groups is 1. The third-order valence-electron chi connectivity index (χ3n) is 1.61. The van der Waals surface area contributed by atoms with Gasteiger partial charge in [0, 0.05) is 5.25 Å². The van der Waals surface area contributed by atoms with Gasteiger partial charge in [-0.3, -0.25) is 0 Å². The number of hydrogen-bond acceptors (Lipinski definition) is 3. The number of fused-ring (bicyclic) bond motifs is 1. The Labute approximate surface area is 86.2 Å². The highest BCUT2D eigenvalue weighted by Crippen LogP contribution is 2.31. The molecule has 2 aromatic rings. The van der Waals surface area contributed by atoms with Crippen LogP contribution in [0.4, 0.5) is 0 Å². The minimum absolute atomic E-state index is 0.612. The molecule has 0 N–H and O–H groups in total. The van der Waals surface area contributed by atoms with E-state index in [1.165, 1.54) is 9.04 Å². The SMILES string of the molecule is CC(C)Sc1nc2ccccc2s1. The van der Waals surface area contributed by atoms with Crippen molar-refractivity contribution in [2.24, 2.45) is 0 Å². The molecule has 1 aromatic carbocycles. The molecule has 0 radical (unpaired) electrons. The van der Waals surface area contributed by atoms with Gasteiger partial charge in [-0.05, 0) is 12.1 Å². The fourth-order valence-electron chi connectivity index (χ4n) is 1.10. The second kappa shape index (κ2) is 3.68. The molecule has 0 fully saturated rings. The third kappa shape index (κ3) is 2.03. The van der Waals surface area contributed by atoms with E-state index in [2.05, 4.69) is 37.0 Å². The number of para-hydroxylation sites is 1. The molecule has 0 aliphatic rings. The molecule has 1 aromatic heterocycles. The van der Waals surface area contributed by atoms with Gasteiger partial charge >= 0.3 is 0 Å². The van der Waals surface area contributed by atoms with Gasteiger partial charge in [0.1, 0.15) is 0 Å². The van der Waals surface area contributed by atoms with E-state index in [0.717, 1.165) is 5.52 Å². The Kier molecular flexibility index (Phi) is 2.56. The Morgan fingerprint density at radius 1 is 1.31 bits per heavy atom. The molecule has 0 bridgehead atoms. The molecule has 68 valence electrons. The van der Waals surface area contributed by atoms with Crippen LogP contribution in [0.5, 0.6) is 0 Å². The summed E-state index contributed by atoms with van der Waals surface area (Å²) in [5, 5.41) is 0.612. The van der Waals surface area contributed by atoms with E-state index in [9.17, 15) is 0 Å². The van der Waals surface area contributed by atoms with Crippen molar-refractivity contribution in [2.75, 3.05) is 0 Å². The summed E-state index contributed by atoms with van der Waals surface area (Å²) in [5.74, 6) is 0. The van der Waals surface area contributed by atoms with E-state index < -0.39 is 0 Å². The summed E-state index contributed by atoms with van der Waals surface area (Å²) < 4.78 is 2.46. The zero-order valence-electron chi connectivity index (χ0n) is 7.65. The molecular weight excluding hydrogens is 198 g/mol. The van der Waals surface area contributed by atoms with Gasteiger partial charge in [0.2, 0.25) is 0 Å². The monoisotopic (exact) mass is 209 g/mol. The Balaban J connectivity index is 2.38. The van der Waals surface area contributed by atoms with Crippen molar-refractivity contribution >= 4 is 33.3 Å². The Hall–Kier alpha value is -0.540. The fourth-order valence-corrected chi connectivity index (χ4v) is 3.39. The van der Waals surface area contributed by atoms with Crippen LogP contribution in [0.3, 0.4) is 0 Å². The van der Waals surface area contributed by atoms with Crippen LogP contribution in [0.1, 0.15) is 13.8 Å². The van der Waals surface area contributed by atoms with Crippen molar-refractivity contribution in [3.05, 3.63) is 24.3 Å². The van der Waals surface area contributed by atoms with E-state index in [4.69, 9.17) is 0 Å². The van der Waals surface area contributed by atoms with Crippen molar-refractivity contribution in [1.29, 1.82) is 0 Å². The Morgan fingerprint density at radius 3 is 2.77 bits per heavy atom. The lowest BCUT2D eigenvalue weighted by Crippen LogP contribution is -1.83. The van der Waals surface area contributed by atoms with Gasteiger partial charge in [-0.2, -0.15) is 0 Å². The van der Waals surface area contributed by atoms with Crippen LogP contribution in [0.2, 0.25) is 0 Å². The number of thiazole rings is 1. The Bertz CT molecular complexity index is 373. The highest BCUT2D eigenvalue weighted by Gasteiger charge is 2.04. The summed E-state index contributed by atoms with van der Waals surface area (Å²) >= 11 is 3.61. The first-order valence-electron chi connectivity index (χ1n) is 4.28. The summed E-state index contributed by atoms with van der Waals surface area (Å²) in [6.07, 6.45) is 0. The van der Waals surface area contributed by atoms with Gasteiger partial charge in [-0.1, -0.05) is 37.7 Å². The smallest absolute Gasteiger partial charge is 0.151 e. The topological polar surface area (TPSA) is 12.9 Å². The molecule has 3 heteroatoms. The molecule has 0 spiro atoms. The first-order valence-corrected chi connectivity index (χ1v) is 5.97. The number of benzene rings is 1. The zero-order valence-corrected chi connectivity index (χ0v) is 9.28. The minimum Gasteiger partial charge on any atom is -0.230 e. The molecular formula is C10H11NS2. The summed E-state index contributed by atoms with van der Waals surface area (Å²) in [6.45, 7) is 4.38.